The van der Waals surface area contributed by atoms with Gasteiger partial charge in [0.05, 0.1) is 19.3 Å². The van der Waals surface area contributed by atoms with Gasteiger partial charge >= 0.3 is 11.9 Å². The highest BCUT2D eigenvalue weighted by atomic mass is 16.5. The molecule has 1 amide bonds. The monoisotopic (exact) mass is 355 g/mol. The van der Waals surface area contributed by atoms with Crippen LogP contribution in [0.15, 0.2) is 54.6 Å². The Morgan fingerprint density at radius 1 is 1.00 bits per heavy atom. The van der Waals surface area contributed by atoms with Crippen LogP contribution in [-0.2, 0) is 20.7 Å². The second-order valence-electron chi connectivity index (χ2n) is 5.54. The molecule has 0 heterocycles. The lowest BCUT2D eigenvalue weighted by Crippen LogP contribution is -2.43. The highest BCUT2D eigenvalue weighted by Gasteiger charge is 2.23. The van der Waals surface area contributed by atoms with Crippen LogP contribution in [0.5, 0.6) is 0 Å². The fourth-order valence-electron chi connectivity index (χ4n) is 2.45. The lowest BCUT2D eigenvalue weighted by atomic mass is 10.0. The Kier molecular flexibility index (Phi) is 6.91. The van der Waals surface area contributed by atoms with Crippen LogP contribution in [-0.4, -0.2) is 37.6 Å². The van der Waals surface area contributed by atoms with Crippen molar-refractivity contribution < 1.29 is 23.9 Å². The average Bonchev–Trinajstić information content (AvgIpc) is 2.67. The van der Waals surface area contributed by atoms with Crippen LogP contribution in [0.4, 0.5) is 0 Å². The Balaban J connectivity index is 2.18. The molecule has 0 aromatic heterocycles. The maximum Gasteiger partial charge on any atom is 0.337 e. The molecule has 6 heteroatoms. The molecule has 2 aromatic rings. The molecular formula is C20H21NO5. The van der Waals surface area contributed by atoms with Crippen molar-refractivity contribution in [2.24, 2.45) is 0 Å². The molecular weight excluding hydrogens is 334 g/mol. The van der Waals surface area contributed by atoms with E-state index in [9.17, 15) is 14.4 Å². The van der Waals surface area contributed by atoms with Crippen LogP contribution in [0.1, 0.15) is 33.2 Å². The summed E-state index contributed by atoms with van der Waals surface area (Å²) in [6.45, 7) is 1.91. The van der Waals surface area contributed by atoms with Gasteiger partial charge in [-0.15, -0.1) is 0 Å². The quantitative estimate of drug-likeness (QED) is 0.771. The predicted molar refractivity (Wildman–Crippen MR) is 95.8 cm³/mol. The molecule has 0 radical (unpaired) electrons. The minimum absolute atomic E-state index is 0.197. The van der Waals surface area contributed by atoms with Gasteiger partial charge in [-0.25, -0.2) is 9.59 Å². The summed E-state index contributed by atoms with van der Waals surface area (Å²) in [5.74, 6) is -1.36. The van der Waals surface area contributed by atoms with E-state index in [1.54, 1.807) is 61.5 Å². The molecule has 6 nitrogen and oxygen atoms in total. The summed E-state index contributed by atoms with van der Waals surface area (Å²) >= 11 is 0. The van der Waals surface area contributed by atoms with Crippen molar-refractivity contribution in [3.63, 3.8) is 0 Å². The number of methoxy groups -OCH3 is 1. The molecule has 1 N–H and O–H groups in total. The maximum atomic E-state index is 12.4. The highest BCUT2D eigenvalue weighted by Crippen LogP contribution is 2.11. The van der Waals surface area contributed by atoms with Crippen LogP contribution in [0.2, 0.25) is 0 Å². The largest absolute Gasteiger partial charge is 0.465 e. The lowest BCUT2D eigenvalue weighted by Gasteiger charge is -2.18. The van der Waals surface area contributed by atoms with Crippen molar-refractivity contribution in [2.75, 3.05) is 13.7 Å². The van der Waals surface area contributed by atoms with Gasteiger partial charge in [-0.3, -0.25) is 4.79 Å². The molecule has 0 saturated heterocycles. The molecule has 0 saturated carbocycles. The third-order valence-corrected chi connectivity index (χ3v) is 3.70. The van der Waals surface area contributed by atoms with Crippen molar-refractivity contribution in [1.82, 2.24) is 5.32 Å². The zero-order chi connectivity index (χ0) is 18.9. The Bertz CT molecular complexity index is 773. The molecule has 0 aliphatic rings. The number of nitrogens with one attached hydrogen (secondary N) is 1. The standard InChI is InChI=1S/C20H21NO5/c1-3-26-20(24)17(21-18(22)15-9-5-4-6-10-15)13-14-8-7-11-16(12-14)19(23)25-2/h4-12,17H,3,13H2,1-2H3,(H,21,22)/t17-/m0/s1. The zero-order valence-corrected chi connectivity index (χ0v) is 14.7. The third-order valence-electron chi connectivity index (χ3n) is 3.70. The average molecular weight is 355 g/mol. The normalized spacial score (nSPS) is 11.3. The number of hydrogen-bond acceptors (Lipinski definition) is 5. The Morgan fingerprint density at radius 3 is 2.35 bits per heavy atom. The lowest BCUT2D eigenvalue weighted by molar-refractivity contribution is -0.145. The number of hydrogen-bond donors (Lipinski definition) is 1. The van der Waals surface area contributed by atoms with E-state index in [-0.39, 0.29) is 18.9 Å². The minimum Gasteiger partial charge on any atom is -0.465 e. The summed E-state index contributed by atoms with van der Waals surface area (Å²) in [5, 5.41) is 2.70. The fraction of sp³-hybridized carbons (Fsp3) is 0.250. The first kappa shape index (κ1) is 19.2. The first-order valence-corrected chi connectivity index (χ1v) is 8.25. The summed E-state index contributed by atoms with van der Waals surface area (Å²) in [7, 11) is 1.30. The highest BCUT2D eigenvalue weighted by molar-refractivity contribution is 5.96. The van der Waals surface area contributed by atoms with Crippen LogP contribution in [0.25, 0.3) is 0 Å². The molecule has 0 bridgehead atoms. The molecule has 136 valence electrons. The van der Waals surface area contributed by atoms with Crippen LogP contribution in [0, 0.1) is 0 Å². The summed E-state index contributed by atoms with van der Waals surface area (Å²) in [6.07, 6.45) is 0.197. The van der Waals surface area contributed by atoms with Crippen LogP contribution in [0.3, 0.4) is 0 Å². The van der Waals surface area contributed by atoms with E-state index in [0.29, 0.717) is 16.7 Å². The Morgan fingerprint density at radius 2 is 1.69 bits per heavy atom. The van der Waals surface area contributed by atoms with Gasteiger partial charge in [0.1, 0.15) is 6.04 Å². The molecule has 26 heavy (non-hydrogen) atoms. The number of amides is 1. The number of benzene rings is 2. The topological polar surface area (TPSA) is 81.7 Å². The zero-order valence-electron chi connectivity index (χ0n) is 14.7. The first-order valence-electron chi connectivity index (χ1n) is 8.25. The van der Waals surface area contributed by atoms with Gasteiger partial charge < -0.3 is 14.8 Å². The van der Waals surface area contributed by atoms with Gasteiger partial charge in [0.25, 0.3) is 5.91 Å². The second-order valence-corrected chi connectivity index (χ2v) is 5.54. The molecule has 1 atom stereocenters. The van der Waals surface area contributed by atoms with Gasteiger partial charge in [0.2, 0.25) is 0 Å². The van der Waals surface area contributed by atoms with Crippen molar-refractivity contribution in [1.29, 1.82) is 0 Å². The minimum atomic E-state index is -0.865. The van der Waals surface area contributed by atoms with Gasteiger partial charge in [0.15, 0.2) is 0 Å². The van der Waals surface area contributed by atoms with Gasteiger partial charge in [0, 0.05) is 12.0 Å². The number of carbonyl (C=O) groups excluding carboxylic acids is 3. The van der Waals surface area contributed by atoms with E-state index in [0.717, 1.165) is 0 Å². The summed E-state index contributed by atoms with van der Waals surface area (Å²) < 4.78 is 9.77. The van der Waals surface area contributed by atoms with Gasteiger partial charge in [-0.1, -0.05) is 30.3 Å². The summed E-state index contributed by atoms with van der Waals surface area (Å²) in [5.41, 5.74) is 1.53. The van der Waals surface area contributed by atoms with Gasteiger partial charge in [-0.05, 0) is 36.8 Å². The predicted octanol–water partition coefficient (Wildman–Crippen LogP) is 2.38. The van der Waals surface area contributed by atoms with E-state index < -0.39 is 18.0 Å². The smallest absolute Gasteiger partial charge is 0.337 e. The van der Waals surface area contributed by atoms with E-state index in [2.05, 4.69) is 5.32 Å². The molecule has 0 spiro atoms. The number of esters is 2. The van der Waals surface area contributed by atoms with Crippen molar-refractivity contribution >= 4 is 17.8 Å². The molecule has 2 rings (SSSR count). The van der Waals surface area contributed by atoms with Gasteiger partial charge in [-0.2, -0.15) is 0 Å². The van der Waals surface area contributed by atoms with E-state index in [4.69, 9.17) is 9.47 Å². The Labute approximate surface area is 152 Å². The maximum absolute atomic E-state index is 12.4. The van der Waals surface area contributed by atoms with E-state index in [1.165, 1.54) is 7.11 Å². The third kappa shape index (κ3) is 5.17. The summed E-state index contributed by atoms with van der Waals surface area (Å²) in [4.78, 5) is 36.3. The molecule has 0 aliphatic heterocycles. The molecule has 0 aliphatic carbocycles. The van der Waals surface area contributed by atoms with E-state index >= 15 is 0 Å². The molecule has 2 aromatic carbocycles. The number of carbonyl (C=O) groups is 3. The first-order chi connectivity index (χ1) is 12.5. The van der Waals surface area contributed by atoms with E-state index in [1.807, 2.05) is 0 Å². The van der Waals surface area contributed by atoms with Crippen molar-refractivity contribution in [2.45, 2.75) is 19.4 Å². The fourth-order valence-corrected chi connectivity index (χ4v) is 2.45. The van der Waals surface area contributed by atoms with Crippen LogP contribution < -0.4 is 5.32 Å². The van der Waals surface area contributed by atoms with Crippen molar-refractivity contribution in [3.8, 4) is 0 Å². The molecule has 0 unspecified atom stereocenters. The Hall–Kier alpha value is -3.15. The van der Waals surface area contributed by atoms with Crippen molar-refractivity contribution in [3.05, 3.63) is 71.3 Å². The SMILES string of the molecule is CCOC(=O)[C@H](Cc1cccc(C(=O)OC)c1)NC(=O)c1ccccc1. The summed E-state index contributed by atoms with van der Waals surface area (Å²) in [6, 6.07) is 14.5. The second kappa shape index (κ2) is 9.36. The number of ether oxygens (including phenoxy) is 2. The molecule has 0 fully saturated rings. The number of rotatable bonds is 7. The van der Waals surface area contributed by atoms with Crippen LogP contribution >= 0.6 is 0 Å².